The third-order valence-corrected chi connectivity index (χ3v) is 6.70. The Morgan fingerprint density at radius 1 is 1.38 bits per heavy atom. The van der Waals surface area contributed by atoms with Crippen molar-refractivity contribution in [2.24, 2.45) is 11.8 Å². The fraction of sp³-hybridized carbons (Fsp3) is 0.556. The van der Waals surface area contributed by atoms with Crippen molar-refractivity contribution < 1.29 is 9.59 Å². The molecule has 6 heteroatoms. The van der Waals surface area contributed by atoms with Crippen molar-refractivity contribution >= 4 is 40.9 Å². The Morgan fingerprint density at radius 2 is 2.17 bits per heavy atom. The Labute approximate surface area is 152 Å². The molecule has 3 rings (SSSR count). The van der Waals surface area contributed by atoms with Crippen molar-refractivity contribution in [3.8, 4) is 0 Å². The molecule has 1 aromatic rings. The van der Waals surface area contributed by atoms with Crippen LogP contribution in [-0.4, -0.2) is 23.1 Å². The van der Waals surface area contributed by atoms with Gasteiger partial charge in [-0.1, -0.05) is 38.3 Å². The highest BCUT2D eigenvalue weighted by Crippen LogP contribution is 2.38. The predicted molar refractivity (Wildman–Crippen MR) is 98.5 cm³/mol. The number of fused-ring (bicyclic) bond motifs is 1. The number of carbonyl (C=O) groups excluding carboxylic acids is 2. The molecule has 1 heterocycles. The lowest BCUT2D eigenvalue weighted by Gasteiger charge is -2.35. The van der Waals surface area contributed by atoms with E-state index in [1.165, 1.54) is 18.2 Å². The lowest BCUT2D eigenvalue weighted by Crippen LogP contribution is -2.45. The molecule has 4 nitrogen and oxygen atoms in total. The van der Waals surface area contributed by atoms with E-state index in [-0.39, 0.29) is 24.3 Å². The van der Waals surface area contributed by atoms with Crippen LogP contribution in [-0.2, 0) is 9.59 Å². The molecule has 1 saturated carbocycles. The van der Waals surface area contributed by atoms with Gasteiger partial charge in [-0.25, -0.2) is 0 Å². The second-order valence-corrected chi connectivity index (χ2v) is 8.56. The van der Waals surface area contributed by atoms with Crippen LogP contribution in [0.3, 0.4) is 0 Å². The van der Waals surface area contributed by atoms with Crippen LogP contribution in [0.2, 0.25) is 5.02 Å². The topological polar surface area (TPSA) is 58.2 Å². The summed E-state index contributed by atoms with van der Waals surface area (Å²) < 4.78 is 0. The molecule has 0 radical (unpaired) electrons. The molecule has 0 bridgehead atoms. The third-order valence-electron chi connectivity index (χ3n) is 5.19. The van der Waals surface area contributed by atoms with Crippen molar-refractivity contribution in [1.29, 1.82) is 0 Å². The first kappa shape index (κ1) is 17.6. The number of anilines is 1. The van der Waals surface area contributed by atoms with Gasteiger partial charge in [-0.15, -0.1) is 11.8 Å². The highest BCUT2D eigenvalue weighted by atomic mass is 35.5. The largest absolute Gasteiger partial charge is 0.353 e. The van der Waals surface area contributed by atoms with Gasteiger partial charge in [-0.05, 0) is 36.5 Å². The van der Waals surface area contributed by atoms with Gasteiger partial charge in [0.15, 0.2) is 0 Å². The van der Waals surface area contributed by atoms with Gasteiger partial charge in [0.25, 0.3) is 0 Å². The van der Waals surface area contributed by atoms with Crippen molar-refractivity contribution in [3.05, 3.63) is 23.2 Å². The maximum atomic E-state index is 12.4. The normalized spacial score (nSPS) is 29.5. The molecule has 1 fully saturated rings. The number of hydrogen-bond acceptors (Lipinski definition) is 3. The first-order valence-electron chi connectivity index (χ1n) is 8.50. The van der Waals surface area contributed by atoms with Crippen LogP contribution in [0, 0.1) is 11.8 Å². The van der Waals surface area contributed by atoms with E-state index >= 15 is 0 Å². The maximum Gasteiger partial charge on any atom is 0.238 e. The highest BCUT2D eigenvalue weighted by molar-refractivity contribution is 8.01. The second kappa shape index (κ2) is 7.36. The molecule has 0 aromatic heterocycles. The summed E-state index contributed by atoms with van der Waals surface area (Å²) >= 11 is 7.39. The van der Waals surface area contributed by atoms with E-state index < -0.39 is 5.25 Å². The van der Waals surface area contributed by atoms with Crippen molar-refractivity contribution in [2.75, 3.05) is 5.32 Å². The monoisotopic (exact) mass is 366 g/mol. The zero-order valence-electron chi connectivity index (χ0n) is 14.0. The van der Waals surface area contributed by atoms with Crippen LogP contribution in [0.15, 0.2) is 23.1 Å². The van der Waals surface area contributed by atoms with Crippen molar-refractivity contribution in [2.45, 2.75) is 55.7 Å². The number of carbonyl (C=O) groups is 2. The first-order chi connectivity index (χ1) is 11.4. The number of benzene rings is 1. The number of nitrogens with one attached hydrogen (secondary N) is 2. The summed E-state index contributed by atoms with van der Waals surface area (Å²) in [6.45, 7) is 4.45. The van der Waals surface area contributed by atoms with Gasteiger partial charge < -0.3 is 10.6 Å². The number of thioether (sulfide) groups is 1. The first-order valence-corrected chi connectivity index (χ1v) is 9.76. The Morgan fingerprint density at radius 3 is 2.96 bits per heavy atom. The van der Waals surface area contributed by atoms with E-state index in [9.17, 15) is 9.59 Å². The molecule has 0 spiro atoms. The van der Waals surface area contributed by atoms with Crippen LogP contribution in [0.1, 0.15) is 39.5 Å². The molecule has 24 heavy (non-hydrogen) atoms. The van der Waals surface area contributed by atoms with Crippen molar-refractivity contribution in [1.82, 2.24) is 5.32 Å². The average Bonchev–Trinajstić information content (AvgIpc) is 2.53. The lowest BCUT2D eigenvalue weighted by molar-refractivity contribution is -0.125. The lowest BCUT2D eigenvalue weighted by atomic mass is 9.78. The van der Waals surface area contributed by atoms with E-state index in [2.05, 4.69) is 24.5 Å². The Bertz CT molecular complexity index is 652. The van der Waals surface area contributed by atoms with Gasteiger partial charge in [0.05, 0.1) is 10.9 Å². The summed E-state index contributed by atoms with van der Waals surface area (Å²) in [6.07, 6.45) is 3.62. The van der Waals surface area contributed by atoms with Gasteiger partial charge in [0, 0.05) is 22.4 Å². The maximum absolute atomic E-state index is 12.4. The number of hydrogen-bond donors (Lipinski definition) is 2. The predicted octanol–water partition coefficient (Wildman–Crippen LogP) is 4.08. The SMILES string of the molecule is C[C@H]1[C@H](C)CCC[C@@H]1NC(=O)C[C@H]1Sc2ccc(Cl)cc2NC1=O. The van der Waals surface area contributed by atoms with Crippen LogP contribution in [0.25, 0.3) is 0 Å². The summed E-state index contributed by atoms with van der Waals surface area (Å²) in [4.78, 5) is 25.6. The molecule has 130 valence electrons. The van der Waals surface area contributed by atoms with E-state index in [1.54, 1.807) is 12.1 Å². The molecule has 0 unspecified atom stereocenters. The molecule has 2 N–H and O–H groups in total. The summed E-state index contributed by atoms with van der Waals surface area (Å²) in [5.41, 5.74) is 0.726. The van der Waals surface area contributed by atoms with Crippen LogP contribution in [0.5, 0.6) is 0 Å². The number of amides is 2. The fourth-order valence-corrected chi connectivity index (χ4v) is 4.74. The zero-order valence-corrected chi connectivity index (χ0v) is 15.5. The smallest absolute Gasteiger partial charge is 0.238 e. The molecule has 1 aromatic carbocycles. The average molecular weight is 367 g/mol. The van der Waals surface area contributed by atoms with Gasteiger partial charge in [-0.3, -0.25) is 9.59 Å². The summed E-state index contributed by atoms with van der Waals surface area (Å²) in [6, 6.07) is 5.65. The fourth-order valence-electron chi connectivity index (χ4n) is 3.48. The summed E-state index contributed by atoms with van der Waals surface area (Å²) in [7, 11) is 0. The Hall–Kier alpha value is -1.20. The minimum Gasteiger partial charge on any atom is -0.353 e. The molecule has 1 aliphatic heterocycles. The van der Waals surface area contributed by atoms with Crippen LogP contribution in [0.4, 0.5) is 5.69 Å². The summed E-state index contributed by atoms with van der Waals surface area (Å²) in [5, 5.41) is 6.19. The minimum atomic E-state index is -0.394. The Balaban J connectivity index is 1.60. The number of halogens is 1. The molecular weight excluding hydrogens is 344 g/mol. The third kappa shape index (κ3) is 3.89. The quantitative estimate of drug-likeness (QED) is 0.847. The van der Waals surface area contributed by atoms with Gasteiger partial charge in [0.2, 0.25) is 11.8 Å². The van der Waals surface area contributed by atoms with E-state index in [0.29, 0.717) is 16.9 Å². The number of rotatable bonds is 3. The molecule has 2 amide bonds. The molecular formula is C18H23ClN2O2S. The van der Waals surface area contributed by atoms with Crippen molar-refractivity contribution in [3.63, 3.8) is 0 Å². The second-order valence-electron chi connectivity index (χ2n) is 6.88. The Kier molecular flexibility index (Phi) is 5.40. The van der Waals surface area contributed by atoms with Crippen LogP contribution >= 0.6 is 23.4 Å². The van der Waals surface area contributed by atoms with E-state index in [0.717, 1.165) is 23.4 Å². The molecule has 0 saturated heterocycles. The van der Waals surface area contributed by atoms with E-state index in [4.69, 9.17) is 11.6 Å². The molecule has 4 atom stereocenters. The highest BCUT2D eigenvalue weighted by Gasteiger charge is 2.32. The minimum absolute atomic E-state index is 0.0361. The van der Waals surface area contributed by atoms with Gasteiger partial charge in [-0.2, -0.15) is 0 Å². The van der Waals surface area contributed by atoms with Crippen LogP contribution < -0.4 is 10.6 Å². The van der Waals surface area contributed by atoms with Gasteiger partial charge >= 0.3 is 0 Å². The van der Waals surface area contributed by atoms with E-state index in [1.807, 2.05) is 6.07 Å². The zero-order chi connectivity index (χ0) is 17.3. The molecule has 2 aliphatic rings. The standard InChI is InChI=1S/C18H23ClN2O2S/c1-10-4-3-5-13(11(10)2)20-17(22)9-16-18(23)21-14-8-12(19)6-7-15(14)24-16/h6-8,10-11,13,16H,3-5,9H2,1-2H3,(H,20,22)(H,21,23)/t10-,11+,13+,16-/m1/s1. The molecule has 1 aliphatic carbocycles. The van der Waals surface area contributed by atoms with Gasteiger partial charge in [0.1, 0.15) is 0 Å². The summed E-state index contributed by atoms with van der Waals surface area (Å²) in [5.74, 6) is 0.951.